The predicted octanol–water partition coefficient (Wildman–Crippen LogP) is 17.9. The Morgan fingerprint density at radius 1 is 0.438 bits per heavy atom. The maximum atomic E-state index is 6.94. The second-order valence-electron chi connectivity index (χ2n) is 22.5. The Hall–Kier alpha value is -7.33. The number of hydrogen-bond acceptors (Lipinski definition) is 3. The number of rotatable bonds is 8. The zero-order valence-corrected chi connectivity index (χ0v) is 45.5. The van der Waals surface area contributed by atoms with Gasteiger partial charge in [-0.1, -0.05) is 86.6 Å². The zero-order chi connectivity index (χ0) is 50.8. The molecule has 73 heavy (non-hydrogen) atoms. The van der Waals surface area contributed by atoms with Crippen LogP contribution in [0.1, 0.15) is 84.6 Å². The molecule has 0 bridgehead atoms. The first-order valence-corrected chi connectivity index (χ1v) is 26.5. The molecule has 0 saturated heterocycles. The van der Waals surface area contributed by atoms with Crippen LogP contribution in [0.5, 0.6) is 11.5 Å². The van der Waals surface area contributed by atoms with Crippen molar-refractivity contribution >= 4 is 22.5 Å². The average molecular weight is 1130 g/mol. The number of aromatic nitrogens is 3. The van der Waals surface area contributed by atoms with Crippen LogP contribution in [0.25, 0.3) is 66.9 Å². The van der Waals surface area contributed by atoms with Crippen molar-refractivity contribution in [1.29, 1.82) is 0 Å². The number of anilines is 2. The summed E-state index contributed by atoms with van der Waals surface area (Å²) in [6, 6.07) is 70.4. The maximum Gasteiger partial charge on any atom is -0.0132 e. The number of hydrogen-bond donors (Lipinski definition) is 0. The second-order valence-corrected chi connectivity index (χ2v) is 23.5. The van der Waals surface area contributed by atoms with E-state index in [0.29, 0.717) is 6.54 Å². The van der Waals surface area contributed by atoms with Crippen LogP contribution in [-0.4, -0.2) is 14.1 Å². The van der Waals surface area contributed by atoms with Gasteiger partial charge in [-0.3, -0.25) is 0 Å². The fourth-order valence-corrected chi connectivity index (χ4v) is 11.3. The molecule has 0 aliphatic carbocycles. The summed E-state index contributed by atoms with van der Waals surface area (Å²) in [7, 11) is 0. The van der Waals surface area contributed by atoms with Gasteiger partial charge in [0.05, 0.1) is 0 Å². The normalized spacial score (nSPS) is 12.7. The van der Waals surface area contributed by atoms with Crippen LogP contribution >= 0.6 is 0 Å². The molecule has 2 aromatic heterocycles. The van der Waals surface area contributed by atoms with Crippen LogP contribution in [0.15, 0.2) is 200 Å². The number of para-hydroxylation sites is 3. The monoisotopic (exact) mass is 1130 g/mol. The zero-order valence-electron chi connectivity index (χ0n) is 43.3. The van der Waals surface area contributed by atoms with Crippen molar-refractivity contribution in [3.05, 3.63) is 226 Å². The second kappa shape index (κ2) is 18.6. The Balaban J connectivity index is 1.01. The van der Waals surface area contributed by atoms with E-state index in [4.69, 9.17) is 9.72 Å². The number of nitrogens with zero attached hydrogens (tertiary/aromatic N) is 4. The quantitative estimate of drug-likeness (QED) is 0.152. The van der Waals surface area contributed by atoms with Crippen molar-refractivity contribution in [2.45, 2.75) is 85.1 Å². The minimum atomic E-state index is -0.0438. The first-order chi connectivity index (χ1) is 35.0. The number of imidazole rings is 1. The maximum absolute atomic E-state index is 6.94. The van der Waals surface area contributed by atoms with Crippen LogP contribution in [0.3, 0.4) is 0 Å². The third-order valence-electron chi connectivity index (χ3n) is 14.3. The van der Waals surface area contributed by atoms with Crippen LogP contribution in [0.4, 0.5) is 11.5 Å². The number of pyridine rings is 1. The van der Waals surface area contributed by atoms with E-state index in [0.717, 1.165) is 77.0 Å². The van der Waals surface area contributed by atoms with Gasteiger partial charge in [-0.15, -0.1) is 0 Å². The Kier molecular flexibility index (Phi) is 12.2. The van der Waals surface area contributed by atoms with E-state index in [2.05, 4.69) is 290 Å². The predicted molar refractivity (Wildman–Crippen MR) is 300 cm³/mol. The Labute approximate surface area is 441 Å². The topological polar surface area (TPSA) is 35.2 Å². The molecular formula is C67H62N4OPt. The van der Waals surface area contributed by atoms with E-state index in [9.17, 15) is 0 Å². The van der Waals surface area contributed by atoms with Crippen molar-refractivity contribution in [2.75, 3.05) is 4.90 Å². The Morgan fingerprint density at radius 3 is 1.64 bits per heavy atom. The molecule has 1 aliphatic rings. The fourth-order valence-electron chi connectivity index (χ4n) is 10.2. The molecule has 8 aromatic carbocycles. The smallest absolute Gasteiger partial charge is 0.0132 e. The van der Waals surface area contributed by atoms with Crippen molar-refractivity contribution in [1.82, 2.24) is 14.1 Å². The molecule has 3 heterocycles. The summed E-state index contributed by atoms with van der Waals surface area (Å²) in [5.41, 5.74) is 20.1. The molecule has 11 rings (SSSR count). The van der Waals surface area contributed by atoms with Gasteiger partial charge in [-0.2, -0.15) is 0 Å². The SMILES string of the molecule is CC(C)(C)c1cc(-c2ccc3c(c2)CN(c2cc(C(C)(C)C)ccn2)c2cc(Oc4cccc(-n5[c](=[Pt])n(-c6c(-c7ccccc7)cccc6-c6ccccc6)c6ccccc65)c4)ccc2-3)cc(C(C)(C)C)c1. The number of ether oxygens (including phenoxy) is 1. The minimum absolute atomic E-state index is 0.0193. The molecular weight excluding hydrogens is 1070 g/mol. The largest absolute Gasteiger partial charge is 0.0561 e. The van der Waals surface area contributed by atoms with Gasteiger partial charge >= 0.3 is 296 Å². The summed E-state index contributed by atoms with van der Waals surface area (Å²) in [6.07, 6.45) is 1.96. The molecule has 0 radical (unpaired) electrons. The van der Waals surface area contributed by atoms with E-state index in [1.807, 2.05) is 6.20 Å². The van der Waals surface area contributed by atoms with Crippen molar-refractivity contribution in [3.63, 3.8) is 0 Å². The van der Waals surface area contributed by atoms with Crippen molar-refractivity contribution in [2.24, 2.45) is 0 Å². The first kappa shape index (κ1) is 48.0. The van der Waals surface area contributed by atoms with Gasteiger partial charge in [0.15, 0.2) is 0 Å². The molecule has 0 saturated carbocycles. The van der Waals surface area contributed by atoms with Crippen molar-refractivity contribution in [3.8, 4) is 67.4 Å². The third-order valence-corrected chi connectivity index (χ3v) is 15.3. The minimum Gasteiger partial charge on any atom is -0.0561 e. The first-order valence-electron chi connectivity index (χ1n) is 25.4. The van der Waals surface area contributed by atoms with Gasteiger partial charge in [0.2, 0.25) is 0 Å². The summed E-state index contributed by atoms with van der Waals surface area (Å²) >= 11 is 2.51. The number of fused-ring (bicyclic) bond motifs is 4. The summed E-state index contributed by atoms with van der Waals surface area (Å²) in [5, 5.41) is 0. The molecule has 0 N–H and O–H groups in total. The van der Waals surface area contributed by atoms with Crippen LogP contribution < -0.4 is 9.64 Å². The molecule has 0 fully saturated rings. The average Bonchev–Trinajstić information content (AvgIpc) is 3.68. The molecule has 0 atom stereocenters. The van der Waals surface area contributed by atoms with E-state index < -0.39 is 0 Å². The summed E-state index contributed by atoms with van der Waals surface area (Å²) in [6.45, 7) is 21.3. The molecule has 366 valence electrons. The van der Waals surface area contributed by atoms with Gasteiger partial charge < -0.3 is 0 Å². The molecule has 6 heteroatoms. The standard InChI is InChI=1S/C67H62N4O.Pt/c1-65(2,3)50-34-35-68-63(40-50)69-43-49-36-47(48-37-51(66(4,5)6)39-52(38-48)67(7,8)9)30-32-56(49)59-33-31-55(42-62(59)69)72-54-25-18-24-53(41-54)70-44-71(61-29-17-16-28-60(61)70)64-57(45-20-12-10-13-21-45)26-19-27-58(64)46-22-14-11-15-23-46;/h10-42H,43H2,1-9H3;. The molecule has 10 aromatic rings. The molecule has 0 spiro atoms. The molecule has 0 amide bonds. The Morgan fingerprint density at radius 2 is 1.01 bits per heavy atom. The summed E-state index contributed by atoms with van der Waals surface area (Å²) in [4.78, 5) is 7.42. The van der Waals surface area contributed by atoms with Gasteiger partial charge in [0.1, 0.15) is 0 Å². The van der Waals surface area contributed by atoms with E-state index in [1.54, 1.807) is 0 Å². The summed E-state index contributed by atoms with van der Waals surface area (Å²) < 4.78 is 12.8. The molecule has 1 aliphatic heterocycles. The van der Waals surface area contributed by atoms with Gasteiger partial charge in [-0.05, 0) is 56.2 Å². The van der Waals surface area contributed by atoms with E-state index in [1.165, 1.54) is 38.9 Å². The van der Waals surface area contributed by atoms with Gasteiger partial charge in [0.25, 0.3) is 0 Å². The number of benzene rings is 8. The summed E-state index contributed by atoms with van der Waals surface area (Å²) in [5.74, 6) is 2.42. The van der Waals surface area contributed by atoms with Crippen molar-refractivity contribution < 1.29 is 24.1 Å². The molecule has 0 unspecified atom stereocenters. The van der Waals surface area contributed by atoms with Gasteiger partial charge in [0, 0.05) is 6.20 Å². The third kappa shape index (κ3) is 9.25. The van der Waals surface area contributed by atoms with E-state index >= 15 is 0 Å². The fraction of sp³-hybridized carbons (Fsp3) is 0.194. The Bertz CT molecular complexity index is 3680. The van der Waals surface area contributed by atoms with Crippen LogP contribution in [-0.2, 0) is 42.1 Å². The van der Waals surface area contributed by atoms with E-state index in [-0.39, 0.29) is 16.2 Å². The van der Waals surface area contributed by atoms with Crippen LogP contribution in [0.2, 0.25) is 0 Å². The van der Waals surface area contributed by atoms with Gasteiger partial charge in [-0.25, -0.2) is 0 Å². The molecule has 5 nitrogen and oxygen atoms in total. The van der Waals surface area contributed by atoms with Crippen LogP contribution in [0, 0.1) is 3.80 Å².